The highest BCUT2D eigenvalue weighted by atomic mass is 19.1. The third-order valence-electron chi connectivity index (χ3n) is 12.2. The Morgan fingerprint density at radius 1 is 0.657 bits per heavy atom. The standard InChI is InChI=1S/C26H23FN4O3.C14H16FN3O.C12H7NO3.CH4/c27-17-6-5-16-7-8-29-25(21(16)11-17)31-9-10-33-19(15-31)14-28-13-18-12-22-24(30-18)20-3-1-2-4-23(20)34-26(22)32;15-11-2-1-10-3-4-17-14(13(10)7-11)18-5-6-19-12(8-16)9-18;14-6-7-5-9-11(13-7)8-3-1-2-4-10(8)16-12(9)15;/h1-8,11-12,19,28,30H,9-10,13-15H2;1-4,7,12H,5-6,8-9,16H2;1-6,13H;1H4. The Morgan fingerprint density at radius 2 is 1.19 bits per heavy atom. The fraction of sp³-hybridized carbons (Fsp3) is 0.226. The highest BCUT2D eigenvalue weighted by Gasteiger charge is 2.24. The number of carbonyl (C=O) groups is 1. The summed E-state index contributed by atoms with van der Waals surface area (Å²) < 4.78 is 49.4. The van der Waals surface area contributed by atoms with E-state index in [0.29, 0.717) is 91.9 Å². The van der Waals surface area contributed by atoms with E-state index in [9.17, 15) is 23.2 Å². The summed E-state index contributed by atoms with van der Waals surface area (Å²) in [5, 5.41) is 9.64. The molecule has 2 atom stereocenters. The van der Waals surface area contributed by atoms with E-state index in [1.807, 2.05) is 48.5 Å². The summed E-state index contributed by atoms with van der Waals surface area (Å²) in [5.74, 6) is 1.07. The van der Waals surface area contributed by atoms with Crippen LogP contribution in [-0.4, -0.2) is 90.9 Å². The van der Waals surface area contributed by atoms with Crippen LogP contribution in [0.15, 0.2) is 140 Å². The number of nitrogens with two attached hydrogens (primary N) is 1. The summed E-state index contributed by atoms with van der Waals surface area (Å²) in [6.07, 6.45) is 4.15. The molecule has 0 bridgehead atoms. The number of fused-ring (bicyclic) bond motifs is 8. The molecule has 6 aromatic heterocycles. The van der Waals surface area contributed by atoms with Crippen molar-refractivity contribution in [3.05, 3.63) is 165 Å². The highest BCUT2D eigenvalue weighted by molar-refractivity contribution is 6.04. The average Bonchev–Trinajstić information content (AvgIpc) is 4.03. The lowest BCUT2D eigenvalue weighted by molar-refractivity contribution is 0.0405. The number of ether oxygens (including phenoxy) is 2. The van der Waals surface area contributed by atoms with Crippen LogP contribution in [0.4, 0.5) is 20.4 Å². The molecule has 0 saturated carbocycles. The number of hydrogen-bond donors (Lipinski definition) is 4. The predicted molar refractivity (Wildman–Crippen MR) is 269 cm³/mol. The second kappa shape index (κ2) is 20.8. The van der Waals surface area contributed by atoms with E-state index < -0.39 is 5.63 Å². The molecular formula is C53H50F2N8O7. The van der Waals surface area contributed by atoms with E-state index in [2.05, 4.69) is 35.1 Å². The third-order valence-corrected chi connectivity index (χ3v) is 12.2. The number of para-hydroxylation sites is 2. The number of halogens is 2. The fourth-order valence-corrected chi connectivity index (χ4v) is 8.94. The van der Waals surface area contributed by atoms with Gasteiger partial charge in [-0.05, 0) is 83.6 Å². The van der Waals surface area contributed by atoms with Gasteiger partial charge in [0.05, 0.1) is 52.9 Å². The normalized spacial score (nSPS) is 16.0. The van der Waals surface area contributed by atoms with E-state index in [4.69, 9.17) is 24.0 Å². The summed E-state index contributed by atoms with van der Waals surface area (Å²) in [7, 11) is 0. The number of rotatable bonds is 8. The molecule has 0 aliphatic carbocycles. The van der Waals surface area contributed by atoms with Crippen molar-refractivity contribution in [2.75, 3.05) is 62.3 Å². The maximum atomic E-state index is 13.9. The second-order valence-corrected chi connectivity index (χ2v) is 16.7. The third kappa shape index (κ3) is 9.86. The Kier molecular flexibility index (Phi) is 14.0. The van der Waals surface area contributed by atoms with E-state index in [1.165, 1.54) is 30.3 Å². The van der Waals surface area contributed by atoms with Gasteiger partial charge < -0.3 is 49.1 Å². The number of anilines is 2. The number of nitrogens with zero attached hydrogens (tertiary/aromatic N) is 4. The number of morpholine rings is 2. The maximum absolute atomic E-state index is 13.9. The van der Waals surface area contributed by atoms with Crippen molar-refractivity contribution in [3.8, 4) is 0 Å². The molecule has 15 nitrogen and oxygen atoms in total. The molecule has 0 radical (unpaired) electrons. The van der Waals surface area contributed by atoms with Gasteiger partial charge in [-0.15, -0.1) is 0 Å². The van der Waals surface area contributed by atoms with Crippen LogP contribution in [0.25, 0.3) is 65.3 Å². The van der Waals surface area contributed by atoms with E-state index in [0.717, 1.165) is 61.7 Å². The van der Waals surface area contributed by atoms with Crippen molar-refractivity contribution < 1.29 is 31.9 Å². The first-order valence-corrected chi connectivity index (χ1v) is 22.5. The summed E-state index contributed by atoms with van der Waals surface area (Å²) in [4.78, 5) is 54.1. The minimum Gasteiger partial charge on any atom is -0.422 e. The maximum Gasteiger partial charge on any atom is 0.345 e. The lowest BCUT2D eigenvalue weighted by Crippen LogP contribution is -2.47. The lowest BCUT2D eigenvalue weighted by Gasteiger charge is -2.34. The zero-order chi connectivity index (χ0) is 47.4. The van der Waals surface area contributed by atoms with Crippen LogP contribution in [0.3, 0.4) is 0 Å². The van der Waals surface area contributed by atoms with Gasteiger partial charge in [-0.2, -0.15) is 0 Å². The summed E-state index contributed by atoms with van der Waals surface area (Å²) >= 11 is 0. The van der Waals surface area contributed by atoms with Crippen LogP contribution in [0.1, 0.15) is 23.6 Å². The van der Waals surface area contributed by atoms with Crippen LogP contribution in [-0.2, 0) is 16.0 Å². The van der Waals surface area contributed by atoms with Crippen LogP contribution >= 0.6 is 0 Å². The summed E-state index contributed by atoms with van der Waals surface area (Å²) in [6, 6.07) is 31.4. The van der Waals surface area contributed by atoms with Crippen molar-refractivity contribution in [2.24, 2.45) is 5.73 Å². The zero-order valence-electron chi connectivity index (χ0n) is 37.1. The lowest BCUT2D eigenvalue weighted by atomic mass is 10.1. The largest absolute Gasteiger partial charge is 0.422 e. The minimum atomic E-state index is -0.432. The van der Waals surface area contributed by atoms with Crippen molar-refractivity contribution >= 4 is 83.2 Å². The second-order valence-electron chi connectivity index (χ2n) is 16.7. The van der Waals surface area contributed by atoms with Gasteiger partial charge in [-0.25, -0.2) is 28.3 Å². The van der Waals surface area contributed by atoms with E-state index in [-0.39, 0.29) is 36.9 Å². The number of carbonyl (C=O) groups excluding carboxylic acids is 1. The van der Waals surface area contributed by atoms with Crippen molar-refractivity contribution in [1.29, 1.82) is 0 Å². The van der Waals surface area contributed by atoms with Crippen LogP contribution in [0.5, 0.6) is 0 Å². The van der Waals surface area contributed by atoms with Crippen molar-refractivity contribution in [3.63, 3.8) is 0 Å². The van der Waals surface area contributed by atoms with E-state index >= 15 is 0 Å². The Labute approximate surface area is 398 Å². The SMILES string of the molecule is C.NCC1CN(c2nccc3ccc(F)cc23)CCO1.O=Cc1cc2c(=O)oc3ccccc3c2[nH]1.O=c1oc2ccccc2c2[nH]c(CNCC3CN(c4nccc5ccc(F)cc45)CCO3)cc12. The summed E-state index contributed by atoms with van der Waals surface area (Å²) in [6.45, 7) is 5.64. The van der Waals surface area contributed by atoms with Crippen molar-refractivity contribution in [2.45, 2.75) is 26.2 Å². The van der Waals surface area contributed by atoms with Crippen LogP contribution in [0.2, 0.25) is 0 Å². The van der Waals surface area contributed by atoms with Crippen LogP contribution < -0.4 is 32.1 Å². The molecule has 2 saturated heterocycles. The molecule has 2 aliphatic heterocycles. The number of aromatic amines is 2. The molecule has 358 valence electrons. The molecular weight excluding hydrogens is 899 g/mol. The number of aldehydes is 1. The van der Waals surface area contributed by atoms with Gasteiger partial charge in [0.2, 0.25) is 0 Å². The van der Waals surface area contributed by atoms with Gasteiger partial charge in [-0.1, -0.05) is 43.8 Å². The molecule has 10 aromatic rings. The molecule has 12 rings (SSSR count). The molecule has 5 N–H and O–H groups in total. The fourth-order valence-electron chi connectivity index (χ4n) is 8.94. The first-order valence-electron chi connectivity index (χ1n) is 22.5. The van der Waals surface area contributed by atoms with Gasteiger partial charge in [0, 0.05) is 85.4 Å². The minimum absolute atomic E-state index is 0. The van der Waals surface area contributed by atoms with Gasteiger partial charge in [-0.3, -0.25) is 4.79 Å². The number of nitrogens with one attached hydrogen (secondary N) is 3. The molecule has 8 heterocycles. The predicted octanol–water partition coefficient (Wildman–Crippen LogP) is 8.22. The Hall–Kier alpha value is -7.83. The first kappa shape index (κ1) is 47.2. The molecule has 0 amide bonds. The smallest absolute Gasteiger partial charge is 0.345 e. The van der Waals surface area contributed by atoms with Gasteiger partial charge in [0.1, 0.15) is 34.4 Å². The highest BCUT2D eigenvalue weighted by Crippen LogP contribution is 2.29. The number of benzene rings is 4. The number of pyridine rings is 2. The molecule has 4 aromatic carbocycles. The molecule has 0 spiro atoms. The Bertz CT molecular complexity index is 3610. The monoisotopic (exact) mass is 948 g/mol. The quantitative estimate of drug-likeness (QED) is 0.0841. The number of H-pyrrole nitrogens is 2. The molecule has 2 unspecified atom stereocenters. The molecule has 70 heavy (non-hydrogen) atoms. The van der Waals surface area contributed by atoms with Gasteiger partial charge in [0.25, 0.3) is 0 Å². The van der Waals surface area contributed by atoms with Crippen molar-refractivity contribution in [1.82, 2.24) is 25.3 Å². The topological polar surface area (TPSA) is 198 Å². The Balaban J connectivity index is 0.000000143. The number of hydrogen-bond acceptors (Lipinski definition) is 13. The Morgan fingerprint density at radius 3 is 1.76 bits per heavy atom. The first-order chi connectivity index (χ1) is 33.7. The average molecular weight is 949 g/mol. The summed E-state index contributed by atoms with van der Waals surface area (Å²) in [5.41, 5.74) is 8.66. The van der Waals surface area contributed by atoms with Crippen LogP contribution in [0, 0.1) is 11.6 Å². The molecule has 17 heteroatoms. The molecule has 2 fully saturated rings. The zero-order valence-corrected chi connectivity index (χ0v) is 37.1. The van der Waals surface area contributed by atoms with E-state index in [1.54, 1.807) is 42.7 Å². The molecule has 2 aliphatic rings. The van der Waals surface area contributed by atoms with Gasteiger partial charge in [0.15, 0.2) is 6.29 Å². The van der Waals surface area contributed by atoms with Gasteiger partial charge >= 0.3 is 11.3 Å². The number of aromatic nitrogens is 4.